The molecule has 42 heavy (non-hydrogen) atoms. The summed E-state index contributed by atoms with van der Waals surface area (Å²) in [4.78, 5) is 0. The van der Waals surface area contributed by atoms with Crippen LogP contribution in [0.1, 0.15) is 33.4 Å². The molecule has 0 atom stereocenters. The normalized spacial score (nSPS) is 13.8. The fourth-order valence-electron chi connectivity index (χ4n) is 8.86. The molecular weight excluding hydrogens is 506 g/mol. The number of hydrogen-bond acceptors (Lipinski definition) is 2. The summed E-state index contributed by atoms with van der Waals surface area (Å²) in [5.41, 5.74) is 16.1. The Bertz CT molecular complexity index is 2130. The van der Waals surface area contributed by atoms with Gasteiger partial charge in [0.25, 0.3) is 0 Å². The molecule has 0 bridgehead atoms. The maximum Gasteiger partial charge on any atom is 0.322 e. The summed E-state index contributed by atoms with van der Waals surface area (Å²) < 4.78 is 0. The molecule has 0 saturated heterocycles. The second kappa shape index (κ2) is 8.10. The number of hydrogen-bond donors (Lipinski definition) is 2. The Morgan fingerprint density at radius 3 is 1.17 bits per heavy atom. The van der Waals surface area contributed by atoms with E-state index in [1.807, 2.05) is 0 Å². The van der Waals surface area contributed by atoms with E-state index in [9.17, 15) is 0 Å². The lowest BCUT2D eigenvalue weighted by Gasteiger charge is -2.34. The molecule has 0 radical (unpaired) electrons. The van der Waals surface area contributed by atoms with Crippen LogP contribution < -0.4 is 32.3 Å². The lowest BCUT2D eigenvalue weighted by Crippen LogP contribution is -2.54. The fraction of sp³-hybridized carbons (Fsp3) is 0.158. The van der Waals surface area contributed by atoms with Gasteiger partial charge in [0.2, 0.25) is 0 Å². The summed E-state index contributed by atoms with van der Waals surface area (Å²) in [5, 5.41) is 19.1. The van der Waals surface area contributed by atoms with Crippen molar-refractivity contribution in [2.75, 3.05) is 10.5 Å². The third-order valence-electron chi connectivity index (χ3n) is 10.2. The third kappa shape index (κ3) is 2.97. The maximum atomic E-state index is 4.04. The van der Waals surface area contributed by atoms with Crippen molar-refractivity contribution in [3.8, 4) is 0 Å². The van der Waals surface area contributed by atoms with Gasteiger partial charge in [-0.05, 0) is 102 Å². The van der Waals surface area contributed by atoms with Crippen LogP contribution in [0.3, 0.4) is 0 Å². The fourth-order valence-corrected chi connectivity index (χ4v) is 8.86. The van der Waals surface area contributed by atoms with E-state index in [0.717, 1.165) is 0 Å². The third-order valence-corrected chi connectivity index (χ3v) is 10.2. The van der Waals surface area contributed by atoms with E-state index in [2.05, 4.69) is 125 Å². The molecule has 0 aromatic heterocycles. The van der Waals surface area contributed by atoms with E-state index in [4.69, 9.17) is 0 Å². The van der Waals surface area contributed by atoms with Crippen molar-refractivity contribution in [3.05, 3.63) is 106 Å². The Labute approximate surface area is 247 Å². The molecule has 0 fully saturated rings. The number of benzene rings is 7. The molecule has 2 aliphatic heterocycles. The summed E-state index contributed by atoms with van der Waals surface area (Å²) in [5.74, 6) is 0. The van der Waals surface area contributed by atoms with Crippen molar-refractivity contribution in [2.45, 2.75) is 41.5 Å². The summed E-state index contributed by atoms with van der Waals surface area (Å²) >= 11 is 0. The number of anilines is 2. The minimum atomic E-state index is 0.106. The van der Waals surface area contributed by atoms with Gasteiger partial charge in [-0.1, -0.05) is 94.0 Å². The second-order valence-electron chi connectivity index (χ2n) is 13.0. The van der Waals surface area contributed by atoms with Gasteiger partial charge in [-0.3, -0.25) is 0 Å². The Hall–Kier alpha value is -4.43. The minimum absolute atomic E-state index is 0.106. The van der Waals surface area contributed by atoms with Crippen LogP contribution in [0, 0.1) is 41.5 Å². The molecule has 2 nitrogen and oxygen atoms in total. The standard InChI is InChI=1S/C38H32B2N2/c1-19-15-21(3)37(22(4)16-19)39-27-11-7-25-8-12-28-34-31(25)33(27)35-29(41-39)13-9-26-10-14-30(36(34)32(26)35)42-40(28)38-23(5)17-20(2)18-24(38)6/h7-18,41-42H,1-6H3. The zero-order valence-electron chi connectivity index (χ0n) is 25.1. The highest BCUT2D eigenvalue weighted by Gasteiger charge is 2.37. The zero-order chi connectivity index (χ0) is 28.6. The van der Waals surface area contributed by atoms with Crippen molar-refractivity contribution < 1.29 is 0 Å². The molecule has 7 aromatic carbocycles. The molecule has 2 aliphatic rings. The molecule has 9 rings (SSSR count). The van der Waals surface area contributed by atoms with E-state index in [1.54, 1.807) is 0 Å². The first-order valence-electron chi connectivity index (χ1n) is 15.2. The van der Waals surface area contributed by atoms with E-state index in [0.29, 0.717) is 0 Å². The highest BCUT2D eigenvalue weighted by molar-refractivity contribution is 6.93. The summed E-state index contributed by atoms with van der Waals surface area (Å²) in [6.07, 6.45) is 0. The zero-order valence-corrected chi connectivity index (χ0v) is 25.1. The molecule has 0 amide bonds. The average Bonchev–Trinajstić information content (AvgIpc) is 2.95. The quantitative estimate of drug-likeness (QED) is 0.146. The molecular formula is C38H32B2N2. The Morgan fingerprint density at radius 2 is 0.762 bits per heavy atom. The Balaban J connectivity index is 1.46. The molecule has 0 spiro atoms. The predicted octanol–water partition coefficient (Wildman–Crippen LogP) is 6.65. The van der Waals surface area contributed by atoms with Gasteiger partial charge in [-0.15, -0.1) is 0 Å². The number of nitrogens with one attached hydrogen (secondary N) is 2. The highest BCUT2D eigenvalue weighted by atomic mass is 14.8. The highest BCUT2D eigenvalue weighted by Crippen LogP contribution is 2.47. The van der Waals surface area contributed by atoms with Gasteiger partial charge >= 0.3 is 13.7 Å². The molecule has 4 heteroatoms. The van der Waals surface area contributed by atoms with Crippen molar-refractivity contribution in [1.29, 1.82) is 0 Å². The van der Waals surface area contributed by atoms with Gasteiger partial charge in [-0.2, -0.15) is 0 Å². The lowest BCUT2D eigenvalue weighted by molar-refractivity contribution is 1.35. The molecule has 2 N–H and O–H groups in total. The van der Waals surface area contributed by atoms with Crippen LogP contribution in [-0.2, 0) is 0 Å². The van der Waals surface area contributed by atoms with Gasteiger partial charge in [0, 0.05) is 27.5 Å². The Morgan fingerprint density at radius 1 is 0.405 bits per heavy atom. The van der Waals surface area contributed by atoms with Gasteiger partial charge in [0.1, 0.15) is 0 Å². The largest absolute Gasteiger partial charge is 0.420 e. The first-order chi connectivity index (χ1) is 20.3. The van der Waals surface area contributed by atoms with Crippen LogP contribution in [-0.4, -0.2) is 13.7 Å². The summed E-state index contributed by atoms with van der Waals surface area (Å²) in [7, 11) is 0. The SMILES string of the molecule is Cc1cc(C)c(B2Nc3ccc4ccc5c6c7c(ccc8ccc2c(c3c46)c87)B(c2c(C)cc(C)cc2C)N5)c(C)c1. The van der Waals surface area contributed by atoms with Crippen LogP contribution in [0.15, 0.2) is 72.8 Å². The van der Waals surface area contributed by atoms with Crippen LogP contribution >= 0.6 is 0 Å². The molecule has 0 aliphatic carbocycles. The molecule has 7 aromatic rings. The van der Waals surface area contributed by atoms with Crippen molar-refractivity contribution in [2.24, 2.45) is 0 Å². The van der Waals surface area contributed by atoms with Gasteiger partial charge in [0.05, 0.1) is 0 Å². The summed E-state index contributed by atoms with van der Waals surface area (Å²) in [6.45, 7) is 13.7. The number of aryl methyl sites for hydroxylation is 6. The second-order valence-corrected chi connectivity index (χ2v) is 13.0. The average molecular weight is 538 g/mol. The van der Waals surface area contributed by atoms with Crippen LogP contribution in [0.25, 0.3) is 43.1 Å². The summed E-state index contributed by atoms with van der Waals surface area (Å²) in [6, 6.07) is 28.1. The van der Waals surface area contributed by atoms with Crippen LogP contribution in [0.2, 0.25) is 0 Å². The first-order valence-corrected chi connectivity index (χ1v) is 15.2. The van der Waals surface area contributed by atoms with E-state index in [1.165, 1.54) is 110 Å². The minimum Gasteiger partial charge on any atom is -0.420 e. The van der Waals surface area contributed by atoms with Crippen LogP contribution in [0.4, 0.5) is 11.4 Å². The molecule has 200 valence electrons. The van der Waals surface area contributed by atoms with Gasteiger partial charge in [0.15, 0.2) is 0 Å². The Kier molecular flexibility index (Phi) is 4.67. The topological polar surface area (TPSA) is 24.1 Å². The van der Waals surface area contributed by atoms with Gasteiger partial charge < -0.3 is 10.5 Å². The van der Waals surface area contributed by atoms with Gasteiger partial charge in [-0.25, -0.2) is 0 Å². The van der Waals surface area contributed by atoms with Crippen molar-refractivity contribution in [1.82, 2.24) is 0 Å². The van der Waals surface area contributed by atoms with Crippen LogP contribution in [0.5, 0.6) is 0 Å². The maximum absolute atomic E-state index is 4.04. The van der Waals surface area contributed by atoms with E-state index in [-0.39, 0.29) is 13.7 Å². The molecule has 0 unspecified atom stereocenters. The monoisotopic (exact) mass is 538 g/mol. The molecule has 0 saturated carbocycles. The molecule has 2 heterocycles. The van der Waals surface area contributed by atoms with E-state index < -0.39 is 0 Å². The predicted molar refractivity (Wildman–Crippen MR) is 186 cm³/mol. The van der Waals surface area contributed by atoms with E-state index >= 15 is 0 Å². The lowest BCUT2D eigenvalue weighted by atomic mass is 9.44. The first kappa shape index (κ1) is 24.2. The van der Waals surface area contributed by atoms with Crippen molar-refractivity contribution >= 4 is 90.0 Å². The smallest absolute Gasteiger partial charge is 0.322 e. The number of rotatable bonds is 2. The van der Waals surface area contributed by atoms with Crippen molar-refractivity contribution in [3.63, 3.8) is 0 Å².